The Labute approximate surface area is 135 Å². The van der Waals surface area contributed by atoms with Crippen LogP contribution in [0, 0.1) is 11.6 Å². The molecule has 0 amide bonds. The average molecular weight is 320 g/mol. The van der Waals surface area contributed by atoms with Gasteiger partial charge in [-0.05, 0) is 44.8 Å². The Bertz CT molecular complexity index is 668. The topological polar surface area (TPSA) is 24.3 Å². The fraction of sp³-hybridized carbons (Fsp3) is 0.471. The summed E-state index contributed by atoms with van der Waals surface area (Å²) in [5, 5.41) is 0. The molecule has 2 aromatic rings. The van der Waals surface area contributed by atoms with E-state index in [1.807, 2.05) is 12.5 Å². The third kappa shape index (κ3) is 3.76. The molecule has 23 heavy (non-hydrogen) atoms. The van der Waals surface area contributed by atoms with Gasteiger partial charge in [0, 0.05) is 31.9 Å². The normalized spacial score (nSPS) is 18.4. The zero-order chi connectivity index (χ0) is 16.4. The number of aromatic nitrogens is 2. The first-order chi connectivity index (χ1) is 11.0. The fourth-order valence-corrected chi connectivity index (χ4v) is 3.12. The summed E-state index contributed by atoms with van der Waals surface area (Å²) in [6.07, 6.45) is 4.81. The largest absolute Gasteiger partial charge is 0.329 e. The van der Waals surface area contributed by atoms with Crippen LogP contribution < -0.4 is 0 Å². The molecule has 0 radical (unpaired) electrons. The molecule has 0 saturated carbocycles. The molecule has 4 nitrogen and oxygen atoms in total. The van der Waals surface area contributed by atoms with Gasteiger partial charge < -0.3 is 9.47 Å². The van der Waals surface area contributed by atoms with Crippen molar-refractivity contribution in [3.63, 3.8) is 0 Å². The molecule has 1 aromatic carbocycles. The van der Waals surface area contributed by atoms with E-state index in [9.17, 15) is 8.78 Å². The number of rotatable bonds is 5. The van der Waals surface area contributed by atoms with Gasteiger partial charge in [0.15, 0.2) is 11.6 Å². The molecular formula is C17H22F2N4. The van der Waals surface area contributed by atoms with Crippen LogP contribution in [-0.4, -0.2) is 46.5 Å². The first-order valence-corrected chi connectivity index (χ1v) is 7.84. The lowest BCUT2D eigenvalue weighted by Crippen LogP contribution is -2.37. The Morgan fingerprint density at radius 2 is 2.09 bits per heavy atom. The van der Waals surface area contributed by atoms with Crippen molar-refractivity contribution in [3.05, 3.63) is 53.6 Å². The summed E-state index contributed by atoms with van der Waals surface area (Å²) in [5.41, 5.74) is 1.96. The van der Waals surface area contributed by atoms with Crippen LogP contribution in [0.25, 0.3) is 0 Å². The maximum absolute atomic E-state index is 13.4. The lowest BCUT2D eigenvalue weighted by molar-refractivity contribution is 0.165. The number of halogens is 2. The summed E-state index contributed by atoms with van der Waals surface area (Å²) < 4.78 is 28.7. The van der Waals surface area contributed by atoms with Crippen LogP contribution in [0.3, 0.4) is 0 Å². The molecule has 0 spiro atoms. The van der Waals surface area contributed by atoms with Crippen molar-refractivity contribution in [3.8, 4) is 0 Å². The molecule has 0 unspecified atom stereocenters. The SMILES string of the molecule is CN(C)CC[C@@H]1CN(Cc2ccc(F)c(F)c2)Cc2cncn21. The second-order valence-electron chi connectivity index (χ2n) is 6.46. The van der Waals surface area contributed by atoms with Gasteiger partial charge in [0.1, 0.15) is 0 Å². The second kappa shape index (κ2) is 6.76. The maximum atomic E-state index is 13.4. The number of imidazole rings is 1. The van der Waals surface area contributed by atoms with Gasteiger partial charge in [-0.25, -0.2) is 13.8 Å². The summed E-state index contributed by atoms with van der Waals surface area (Å²) in [7, 11) is 4.13. The first-order valence-electron chi connectivity index (χ1n) is 7.84. The second-order valence-corrected chi connectivity index (χ2v) is 6.46. The molecule has 0 N–H and O–H groups in total. The van der Waals surface area contributed by atoms with E-state index < -0.39 is 11.6 Å². The third-order valence-electron chi connectivity index (χ3n) is 4.29. The van der Waals surface area contributed by atoms with Crippen LogP contribution in [0.5, 0.6) is 0 Å². The standard InChI is InChI=1S/C17H22F2N4/c1-21(2)6-5-14-10-22(11-15-8-20-12-23(14)15)9-13-3-4-16(18)17(19)7-13/h3-4,7-8,12,14H,5-6,9-11H2,1-2H3/t14-/m1/s1. The summed E-state index contributed by atoms with van der Waals surface area (Å²) in [6.45, 7) is 3.27. The molecule has 6 heteroatoms. The van der Waals surface area contributed by atoms with E-state index in [1.165, 1.54) is 17.8 Å². The van der Waals surface area contributed by atoms with Gasteiger partial charge >= 0.3 is 0 Å². The smallest absolute Gasteiger partial charge is 0.159 e. The van der Waals surface area contributed by atoms with Crippen molar-refractivity contribution in [1.82, 2.24) is 19.4 Å². The van der Waals surface area contributed by atoms with Crippen molar-refractivity contribution in [2.75, 3.05) is 27.2 Å². The molecule has 2 heterocycles. The van der Waals surface area contributed by atoms with E-state index in [0.717, 1.165) is 31.6 Å². The van der Waals surface area contributed by atoms with Crippen molar-refractivity contribution < 1.29 is 8.78 Å². The molecule has 1 aliphatic rings. The van der Waals surface area contributed by atoms with Crippen LogP contribution in [0.2, 0.25) is 0 Å². The highest BCUT2D eigenvalue weighted by molar-refractivity contribution is 5.18. The molecule has 3 rings (SSSR count). The summed E-state index contributed by atoms with van der Waals surface area (Å²) in [4.78, 5) is 8.70. The van der Waals surface area contributed by atoms with Gasteiger partial charge in [0.25, 0.3) is 0 Å². The summed E-state index contributed by atoms with van der Waals surface area (Å²) in [5.74, 6) is -1.58. The molecule has 0 aliphatic carbocycles. The molecule has 1 aromatic heterocycles. The van der Waals surface area contributed by atoms with Crippen LogP contribution in [0.15, 0.2) is 30.7 Å². The number of nitrogens with zero attached hydrogens (tertiary/aromatic N) is 4. The van der Waals surface area contributed by atoms with Gasteiger partial charge in [-0.2, -0.15) is 0 Å². The van der Waals surface area contributed by atoms with Crippen molar-refractivity contribution in [2.24, 2.45) is 0 Å². The van der Waals surface area contributed by atoms with Crippen molar-refractivity contribution in [2.45, 2.75) is 25.6 Å². The highest BCUT2D eigenvalue weighted by Crippen LogP contribution is 2.25. The minimum atomic E-state index is -0.797. The van der Waals surface area contributed by atoms with E-state index in [0.29, 0.717) is 12.6 Å². The van der Waals surface area contributed by atoms with Gasteiger partial charge in [-0.15, -0.1) is 0 Å². The van der Waals surface area contributed by atoms with Gasteiger partial charge in [0.05, 0.1) is 12.0 Å². The van der Waals surface area contributed by atoms with Crippen molar-refractivity contribution in [1.29, 1.82) is 0 Å². The van der Waals surface area contributed by atoms with Gasteiger partial charge in [0.2, 0.25) is 0 Å². The zero-order valence-electron chi connectivity index (χ0n) is 13.5. The molecule has 0 bridgehead atoms. The van der Waals surface area contributed by atoms with E-state index >= 15 is 0 Å². The number of fused-ring (bicyclic) bond motifs is 1. The Kier molecular flexibility index (Phi) is 4.73. The van der Waals surface area contributed by atoms with E-state index in [2.05, 4.69) is 33.4 Å². The lowest BCUT2D eigenvalue weighted by Gasteiger charge is -2.35. The summed E-state index contributed by atoms with van der Waals surface area (Å²) >= 11 is 0. The molecular weight excluding hydrogens is 298 g/mol. The highest BCUT2D eigenvalue weighted by Gasteiger charge is 2.25. The Hall–Kier alpha value is -1.79. The summed E-state index contributed by atoms with van der Waals surface area (Å²) in [6, 6.07) is 4.49. The third-order valence-corrected chi connectivity index (χ3v) is 4.29. The minimum absolute atomic E-state index is 0.356. The minimum Gasteiger partial charge on any atom is -0.329 e. The predicted octanol–water partition coefficient (Wildman–Crippen LogP) is 2.67. The van der Waals surface area contributed by atoms with Crippen LogP contribution in [0.1, 0.15) is 23.7 Å². The Balaban J connectivity index is 1.72. The highest BCUT2D eigenvalue weighted by atomic mass is 19.2. The van der Waals surface area contributed by atoms with Gasteiger partial charge in [-0.3, -0.25) is 4.90 Å². The van der Waals surface area contributed by atoms with E-state index in [-0.39, 0.29) is 0 Å². The van der Waals surface area contributed by atoms with E-state index in [4.69, 9.17) is 0 Å². The van der Waals surface area contributed by atoms with Gasteiger partial charge in [-0.1, -0.05) is 6.07 Å². The number of benzene rings is 1. The lowest BCUT2D eigenvalue weighted by atomic mass is 10.1. The van der Waals surface area contributed by atoms with Crippen LogP contribution in [0.4, 0.5) is 8.78 Å². The van der Waals surface area contributed by atoms with Crippen LogP contribution >= 0.6 is 0 Å². The molecule has 1 atom stereocenters. The number of hydrogen-bond acceptors (Lipinski definition) is 3. The average Bonchev–Trinajstić information content (AvgIpc) is 2.97. The molecule has 124 valence electrons. The number of hydrogen-bond donors (Lipinski definition) is 0. The fourth-order valence-electron chi connectivity index (χ4n) is 3.12. The van der Waals surface area contributed by atoms with Crippen LogP contribution in [-0.2, 0) is 13.1 Å². The predicted molar refractivity (Wildman–Crippen MR) is 84.9 cm³/mol. The first kappa shape index (κ1) is 16.1. The molecule has 1 aliphatic heterocycles. The maximum Gasteiger partial charge on any atom is 0.159 e. The molecule has 0 fully saturated rings. The van der Waals surface area contributed by atoms with Crippen molar-refractivity contribution >= 4 is 0 Å². The Morgan fingerprint density at radius 3 is 2.83 bits per heavy atom. The monoisotopic (exact) mass is 320 g/mol. The molecule has 0 saturated heterocycles. The Morgan fingerprint density at radius 1 is 1.26 bits per heavy atom. The van der Waals surface area contributed by atoms with E-state index in [1.54, 1.807) is 6.07 Å². The quantitative estimate of drug-likeness (QED) is 0.846. The zero-order valence-corrected chi connectivity index (χ0v) is 13.5.